The zero-order valence-corrected chi connectivity index (χ0v) is 14.2. The Morgan fingerprint density at radius 1 is 1.18 bits per heavy atom. The molecule has 1 aromatic carbocycles. The Labute approximate surface area is 133 Å². The first-order valence-corrected chi connectivity index (χ1v) is 9.21. The van der Waals surface area contributed by atoms with Crippen LogP contribution < -0.4 is 5.32 Å². The predicted molar refractivity (Wildman–Crippen MR) is 88.4 cm³/mol. The normalized spacial score (nSPS) is 12.5. The minimum atomic E-state index is -3.85. The monoisotopic (exact) mass is 329 g/mol. The number of benzene rings is 1. The van der Waals surface area contributed by atoms with Crippen molar-refractivity contribution in [3.8, 4) is 0 Å². The highest BCUT2D eigenvalue weighted by molar-refractivity contribution is 7.85. The van der Waals surface area contributed by atoms with Crippen LogP contribution in [-0.4, -0.2) is 37.4 Å². The molecule has 1 aromatic rings. The van der Waals surface area contributed by atoms with Crippen molar-refractivity contribution in [2.24, 2.45) is 0 Å². The van der Waals surface area contributed by atoms with Gasteiger partial charge in [0.15, 0.2) is 0 Å². The lowest BCUT2D eigenvalue weighted by atomic mass is 9.98. The molecular weight excluding hydrogens is 302 g/mol. The molecule has 0 aromatic heterocycles. The van der Waals surface area contributed by atoms with Gasteiger partial charge in [-0.25, -0.2) is 0 Å². The number of ether oxygens (including phenoxy) is 1. The van der Waals surface area contributed by atoms with Crippen molar-refractivity contribution in [1.82, 2.24) is 5.32 Å². The Bertz CT molecular complexity index is 514. The molecule has 6 heteroatoms. The smallest absolute Gasteiger partial charge is 0.264 e. The minimum Gasteiger partial charge on any atom is -0.377 e. The second kappa shape index (κ2) is 9.25. The van der Waals surface area contributed by atoms with E-state index < -0.39 is 10.1 Å². The molecule has 0 saturated heterocycles. The van der Waals surface area contributed by atoms with E-state index in [2.05, 4.69) is 19.2 Å². The molecule has 0 unspecified atom stereocenters. The summed E-state index contributed by atoms with van der Waals surface area (Å²) < 4.78 is 35.6. The maximum Gasteiger partial charge on any atom is 0.264 e. The molecule has 0 aliphatic carbocycles. The van der Waals surface area contributed by atoms with Crippen LogP contribution in [-0.2, 0) is 21.5 Å². The quantitative estimate of drug-likeness (QED) is 0.482. The zero-order valence-electron chi connectivity index (χ0n) is 13.4. The Morgan fingerprint density at radius 3 is 2.50 bits per heavy atom. The van der Waals surface area contributed by atoms with Gasteiger partial charge in [-0.1, -0.05) is 30.3 Å². The summed E-state index contributed by atoms with van der Waals surface area (Å²) in [7, 11) is -3.85. The van der Waals surface area contributed by atoms with Gasteiger partial charge in [0, 0.05) is 12.1 Å². The first kappa shape index (κ1) is 19.1. The maximum absolute atomic E-state index is 10.6. The summed E-state index contributed by atoms with van der Waals surface area (Å²) in [4.78, 5) is 0. The number of hydrogen-bond acceptors (Lipinski definition) is 4. The van der Waals surface area contributed by atoms with E-state index in [0.717, 1.165) is 12.8 Å². The van der Waals surface area contributed by atoms with Gasteiger partial charge in [0.25, 0.3) is 10.1 Å². The van der Waals surface area contributed by atoms with E-state index in [1.807, 2.05) is 30.3 Å². The lowest BCUT2D eigenvalue weighted by molar-refractivity contribution is 0.111. The molecule has 0 radical (unpaired) electrons. The van der Waals surface area contributed by atoms with Crippen molar-refractivity contribution in [2.75, 3.05) is 18.9 Å². The van der Waals surface area contributed by atoms with E-state index in [4.69, 9.17) is 9.29 Å². The van der Waals surface area contributed by atoms with Crippen molar-refractivity contribution in [3.63, 3.8) is 0 Å². The lowest BCUT2D eigenvalue weighted by Crippen LogP contribution is -2.40. The van der Waals surface area contributed by atoms with Gasteiger partial charge < -0.3 is 10.1 Å². The summed E-state index contributed by atoms with van der Waals surface area (Å²) in [6.07, 6.45) is 2.28. The molecule has 0 bridgehead atoms. The van der Waals surface area contributed by atoms with Gasteiger partial charge >= 0.3 is 0 Å². The molecule has 0 aliphatic heterocycles. The van der Waals surface area contributed by atoms with Gasteiger partial charge in [-0.2, -0.15) is 8.42 Å². The van der Waals surface area contributed by atoms with Gasteiger partial charge in [0.05, 0.1) is 12.4 Å². The zero-order chi connectivity index (χ0) is 16.5. The fraction of sp³-hybridized carbons (Fsp3) is 0.625. The van der Waals surface area contributed by atoms with Gasteiger partial charge in [-0.05, 0) is 45.2 Å². The van der Waals surface area contributed by atoms with Crippen LogP contribution in [0.2, 0.25) is 0 Å². The van der Waals surface area contributed by atoms with Crippen molar-refractivity contribution in [3.05, 3.63) is 35.9 Å². The minimum absolute atomic E-state index is 0.0741. The molecule has 0 aliphatic rings. The Morgan fingerprint density at radius 2 is 1.86 bits per heavy atom. The molecule has 0 fully saturated rings. The molecule has 22 heavy (non-hydrogen) atoms. The summed E-state index contributed by atoms with van der Waals surface area (Å²) in [5, 5.41) is 3.31. The van der Waals surface area contributed by atoms with Gasteiger partial charge in [-0.15, -0.1) is 0 Å². The fourth-order valence-corrected chi connectivity index (χ4v) is 2.66. The number of nitrogens with one attached hydrogen (secondary N) is 1. The molecule has 0 amide bonds. The summed E-state index contributed by atoms with van der Waals surface area (Å²) in [5.41, 5.74) is 1.10. The third-order valence-electron chi connectivity index (χ3n) is 3.38. The van der Waals surface area contributed by atoms with Crippen molar-refractivity contribution >= 4 is 10.1 Å². The summed E-state index contributed by atoms with van der Waals surface area (Å²) in [6.45, 7) is 6.06. The molecule has 126 valence electrons. The van der Waals surface area contributed by atoms with Gasteiger partial charge in [-0.3, -0.25) is 4.55 Å². The Hall–Kier alpha value is -0.950. The van der Waals surface area contributed by atoms with E-state index >= 15 is 0 Å². The molecule has 0 atom stereocenters. The standard InChI is InChI=1S/C16H27NO4S/c1-16(2,17-11-7-13-22(18,19)20)10-6-12-21-14-15-8-4-3-5-9-15/h3-5,8-9,17H,6-7,10-14H2,1-2H3,(H,18,19,20). The summed E-state index contributed by atoms with van der Waals surface area (Å²) in [5.74, 6) is -0.198. The highest BCUT2D eigenvalue weighted by Gasteiger charge is 2.16. The van der Waals surface area contributed by atoms with E-state index in [9.17, 15) is 8.42 Å². The predicted octanol–water partition coefficient (Wildman–Crippen LogP) is 2.63. The maximum atomic E-state index is 10.6. The highest BCUT2D eigenvalue weighted by Crippen LogP contribution is 2.12. The summed E-state index contributed by atoms with van der Waals surface area (Å²) >= 11 is 0. The summed E-state index contributed by atoms with van der Waals surface area (Å²) in [6, 6.07) is 10.1. The molecule has 0 saturated carbocycles. The van der Waals surface area contributed by atoms with E-state index in [-0.39, 0.29) is 11.3 Å². The molecule has 2 N–H and O–H groups in total. The van der Waals surface area contributed by atoms with Crippen LogP contribution >= 0.6 is 0 Å². The van der Waals surface area contributed by atoms with Gasteiger partial charge in [0.2, 0.25) is 0 Å². The van der Waals surface area contributed by atoms with Crippen LogP contribution in [0.4, 0.5) is 0 Å². The fourth-order valence-electron chi connectivity index (χ4n) is 2.15. The first-order valence-electron chi connectivity index (χ1n) is 7.60. The molecule has 1 rings (SSSR count). The topological polar surface area (TPSA) is 75.6 Å². The van der Waals surface area contributed by atoms with Crippen LogP contribution in [0.3, 0.4) is 0 Å². The lowest BCUT2D eigenvalue weighted by Gasteiger charge is -2.26. The van der Waals surface area contributed by atoms with Crippen molar-refractivity contribution < 1.29 is 17.7 Å². The molecule has 0 spiro atoms. The van der Waals surface area contributed by atoms with E-state index in [1.165, 1.54) is 5.56 Å². The highest BCUT2D eigenvalue weighted by atomic mass is 32.2. The average molecular weight is 329 g/mol. The van der Waals surface area contributed by atoms with Crippen LogP contribution in [0.1, 0.15) is 38.7 Å². The second-order valence-electron chi connectivity index (χ2n) is 6.09. The van der Waals surface area contributed by atoms with Crippen molar-refractivity contribution in [1.29, 1.82) is 0 Å². The van der Waals surface area contributed by atoms with Crippen LogP contribution in [0, 0.1) is 0 Å². The average Bonchev–Trinajstić information content (AvgIpc) is 2.43. The SMILES string of the molecule is CC(C)(CCCOCc1ccccc1)NCCCS(=O)(=O)O. The largest absolute Gasteiger partial charge is 0.377 e. The van der Waals surface area contributed by atoms with E-state index in [1.54, 1.807) is 0 Å². The third kappa shape index (κ3) is 9.89. The van der Waals surface area contributed by atoms with Crippen LogP contribution in [0.5, 0.6) is 0 Å². The third-order valence-corrected chi connectivity index (χ3v) is 4.19. The van der Waals surface area contributed by atoms with Crippen LogP contribution in [0.15, 0.2) is 30.3 Å². The van der Waals surface area contributed by atoms with Gasteiger partial charge in [0.1, 0.15) is 0 Å². The number of hydrogen-bond donors (Lipinski definition) is 2. The van der Waals surface area contributed by atoms with Crippen molar-refractivity contribution in [2.45, 2.75) is 45.3 Å². The Balaban J connectivity index is 2.09. The number of rotatable bonds is 11. The van der Waals surface area contributed by atoms with E-state index in [0.29, 0.717) is 26.2 Å². The first-order chi connectivity index (χ1) is 10.3. The molecular formula is C16H27NO4S. The molecule has 5 nitrogen and oxygen atoms in total. The second-order valence-corrected chi connectivity index (χ2v) is 7.66. The Kier molecular flexibility index (Phi) is 8.03. The van der Waals surface area contributed by atoms with Crippen LogP contribution in [0.25, 0.3) is 0 Å². The molecule has 0 heterocycles.